The molecule has 1 saturated heterocycles. The van der Waals surface area contributed by atoms with E-state index in [1.165, 1.54) is 12.8 Å². The Kier molecular flexibility index (Phi) is 5.17. The number of aliphatic hydroxyl groups excluding tert-OH is 1. The summed E-state index contributed by atoms with van der Waals surface area (Å²) in [7, 11) is 2.02. The van der Waals surface area contributed by atoms with Crippen LogP contribution in [0.5, 0.6) is 0 Å². The molecule has 3 nitrogen and oxygen atoms in total. The van der Waals surface area contributed by atoms with Gasteiger partial charge in [0, 0.05) is 6.54 Å². The number of nitrogens with zero attached hydrogens (tertiary/aromatic N) is 1. The monoisotopic (exact) mass is 248 g/mol. The Balaban J connectivity index is 1.78. The van der Waals surface area contributed by atoms with Gasteiger partial charge in [-0.25, -0.2) is 0 Å². The molecule has 0 bridgehead atoms. The van der Waals surface area contributed by atoms with E-state index in [9.17, 15) is 5.11 Å². The molecule has 2 N–H and O–H groups in total. The molecule has 3 heteroatoms. The maximum Gasteiger partial charge on any atom is 0.0916 e. The molecule has 18 heavy (non-hydrogen) atoms. The standard InChI is InChI=1S/C15H24N2O/c1-16-11-13-7-9-17(10-8-13)12-15(18)14-5-3-2-4-6-14/h2-6,13,15-16,18H,7-12H2,1H3/t15-/m0/s1. The predicted molar refractivity (Wildman–Crippen MR) is 74.5 cm³/mol. The van der Waals surface area contributed by atoms with Gasteiger partial charge in [0.15, 0.2) is 0 Å². The fourth-order valence-electron chi connectivity index (χ4n) is 2.69. The van der Waals surface area contributed by atoms with Crippen molar-refractivity contribution >= 4 is 0 Å². The fourth-order valence-corrected chi connectivity index (χ4v) is 2.69. The molecule has 1 aliphatic heterocycles. The minimum Gasteiger partial charge on any atom is -0.387 e. The van der Waals surface area contributed by atoms with E-state index in [1.807, 2.05) is 37.4 Å². The van der Waals surface area contributed by atoms with Crippen LogP contribution in [0, 0.1) is 5.92 Å². The Morgan fingerprint density at radius 3 is 2.56 bits per heavy atom. The third-order valence-corrected chi connectivity index (χ3v) is 3.82. The van der Waals surface area contributed by atoms with Crippen LogP contribution in [0.1, 0.15) is 24.5 Å². The predicted octanol–water partition coefficient (Wildman–Crippen LogP) is 1.65. The molecule has 0 spiro atoms. The molecule has 1 heterocycles. The molecule has 2 rings (SSSR count). The minimum atomic E-state index is -0.355. The van der Waals surface area contributed by atoms with E-state index in [2.05, 4.69) is 10.2 Å². The Labute approximate surface area is 110 Å². The summed E-state index contributed by atoms with van der Waals surface area (Å²) in [6.45, 7) is 4.10. The second-order valence-electron chi connectivity index (χ2n) is 5.23. The lowest BCUT2D eigenvalue weighted by atomic mass is 9.96. The van der Waals surface area contributed by atoms with Crippen LogP contribution in [0.15, 0.2) is 30.3 Å². The minimum absolute atomic E-state index is 0.355. The molecule has 0 saturated carbocycles. The van der Waals surface area contributed by atoms with E-state index in [0.717, 1.165) is 37.7 Å². The van der Waals surface area contributed by atoms with Crippen molar-refractivity contribution in [2.45, 2.75) is 18.9 Å². The van der Waals surface area contributed by atoms with Gasteiger partial charge >= 0.3 is 0 Å². The first-order valence-electron chi connectivity index (χ1n) is 6.89. The molecule has 0 aromatic heterocycles. The van der Waals surface area contributed by atoms with Gasteiger partial charge in [-0.2, -0.15) is 0 Å². The van der Waals surface area contributed by atoms with Gasteiger partial charge in [0.1, 0.15) is 0 Å². The van der Waals surface area contributed by atoms with Crippen molar-refractivity contribution < 1.29 is 5.11 Å². The molecule has 1 aromatic carbocycles. The van der Waals surface area contributed by atoms with Crippen molar-refractivity contribution in [2.75, 3.05) is 33.2 Å². The first-order valence-corrected chi connectivity index (χ1v) is 6.89. The van der Waals surface area contributed by atoms with Crippen molar-refractivity contribution in [3.63, 3.8) is 0 Å². The van der Waals surface area contributed by atoms with Crippen molar-refractivity contribution in [1.29, 1.82) is 0 Å². The Hall–Kier alpha value is -0.900. The molecule has 0 aliphatic carbocycles. The Morgan fingerprint density at radius 1 is 1.28 bits per heavy atom. The van der Waals surface area contributed by atoms with Crippen LogP contribution in [0.25, 0.3) is 0 Å². The molecule has 0 amide bonds. The van der Waals surface area contributed by atoms with Crippen LogP contribution in [-0.4, -0.2) is 43.2 Å². The molecular formula is C15H24N2O. The molecule has 1 aliphatic rings. The van der Waals surface area contributed by atoms with Gasteiger partial charge in [0.05, 0.1) is 6.10 Å². The maximum absolute atomic E-state index is 10.2. The van der Waals surface area contributed by atoms with E-state index >= 15 is 0 Å². The van der Waals surface area contributed by atoms with Gasteiger partial charge in [-0.15, -0.1) is 0 Å². The van der Waals surface area contributed by atoms with Gasteiger partial charge in [0.25, 0.3) is 0 Å². The average Bonchev–Trinajstić information content (AvgIpc) is 2.42. The first-order chi connectivity index (χ1) is 8.79. The summed E-state index contributed by atoms with van der Waals surface area (Å²) >= 11 is 0. The first kappa shape index (κ1) is 13.5. The van der Waals surface area contributed by atoms with Gasteiger partial charge in [-0.1, -0.05) is 30.3 Å². The number of β-amino-alcohol motifs (C(OH)–C–C–N with tert-alkyl or cyclic N) is 1. The zero-order chi connectivity index (χ0) is 12.8. The lowest BCUT2D eigenvalue weighted by Crippen LogP contribution is -2.38. The summed E-state index contributed by atoms with van der Waals surface area (Å²) in [5.41, 5.74) is 1.02. The van der Waals surface area contributed by atoms with Crippen LogP contribution >= 0.6 is 0 Å². The lowest BCUT2D eigenvalue weighted by molar-refractivity contribution is 0.0894. The van der Waals surface area contributed by atoms with Crippen LogP contribution in [0.4, 0.5) is 0 Å². The summed E-state index contributed by atoms with van der Waals surface area (Å²) in [5.74, 6) is 0.806. The normalized spacial score (nSPS) is 19.9. The number of rotatable bonds is 5. The summed E-state index contributed by atoms with van der Waals surface area (Å²) < 4.78 is 0. The van der Waals surface area contributed by atoms with Gasteiger partial charge < -0.3 is 15.3 Å². The van der Waals surface area contributed by atoms with E-state index in [4.69, 9.17) is 0 Å². The topological polar surface area (TPSA) is 35.5 Å². The fraction of sp³-hybridized carbons (Fsp3) is 0.600. The zero-order valence-corrected chi connectivity index (χ0v) is 11.2. The van der Waals surface area contributed by atoms with E-state index < -0.39 is 0 Å². The van der Waals surface area contributed by atoms with Crippen LogP contribution in [-0.2, 0) is 0 Å². The molecule has 0 unspecified atom stereocenters. The van der Waals surface area contributed by atoms with E-state index in [-0.39, 0.29) is 6.10 Å². The van der Waals surface area contributed by atoms with Crippen LogP contribution in [0.3, 0.4) is 0 Å². The molecule has 0 radical (unpaired) electrons. The molecule has 1 atom stereocenters. The summed E-state index contributed by atoms with van der Waals surface area (Å²) in [6.07, 6.45) is 2.12. The third-order valence-electron chi connectivity index (χ3n) is 3.82. The highest BCUT2D eigenvalue weighted by Crippen LogP contribution is 2.20. The van der Waals surface area contributed by atoms with E-state index in [0.29, 0.717) is 0 Å². The second kappa shape index (κ2) is 6.88. The molecule has 100 valence electrons. The quantitative estimate of drug-likeness (QED) is 0.832. The maximum atomic E-state index is 10.2. The molecule has 1 fully saturated rings. The van der Waals surface area contributed by atoms with Crippen molar-refractivity contribution in [3.8, 4) is 0 Å². The summed E-state index contributed by atoms with van der Waals surface area (Å²) in [4.78, 5) is 2.38. The number of hydrogen-bond acceptors (Lipinski definition) is 3. The van der Waals surface area contributed by atoms with Gasteiger partial charge in [-0.05, 0) is 51.0 Å². The zero-order valence-electron chi connectivity index (χ0n) is 11.2. The largest absolute Gasteiger partial charge is 0.387 e. The number of hydrogen-bond donors (Lipinski definition) is 2. The highest BCUT2D eigenvalue weighted by atomic mass is 16.3. The van der Waals surface area contributed by atoms with Crippen molar-refractivity contribution in [2.24, 2.45) is 5.92 Å². The van der Waals surface area contributed by atoms with E-state index in [1.54, 1.807) is 0 Å². The van der Waals surface area contributed by atoms with Gasteiger partial charge in [-0.3, -0.25) is 0 Å². The van der Waals surface area contributed by atoms with Crippen LogP contribution in [0.2, 0.25) is 0 Å². The molecular weight excluding hydrogens is 224 g/mol. The SMILES string of the molecule is CNCC1CCN(C[C@H](O)c2ccccc2)CC1. The third kappa shape index (κ3) is 3.80. The highest BCUT2D eigenvalue weighted by molar-refractivity contribution is 5.17. The average molecular weight is 248 g/mol. The van der Waals surface area contributed by atoms with Crippen LogP contribution < -0.4 is 5.32 Å². The van der Waals surface area contributed by atoms with Crippen molar-refractivity contribution in [1.82, 2.24) is 10.2 Å². The van der Waals surface area contributed by atoms with Crippen molar-refractivity contribution in [3.05, 3.63) is 35.9 Å². The number of aliphatic hydroxyl groups is 1. The highest BCUT2D eigenvalue weighted by Gasteiger charge is 2.20. The number of likely N-dealkylation sites (tertiary alicyclic amines) is 1. The van der Waals surface area contributed by atoms with Gasteiger partial charge in [0.2, 0.25) is 0 Å². The Morgan fingerprint density at radius 2 is 1.94 bits per heavy atom. The summed E-state index contributed by atoms with van der Waals surface area (Å²) in [6, 6.07) is 9.95. The lowest BCUT2D eigenvalue weighted by Gasteiger charge is -2.33. The smallest absolute Gasteiger partial charge is 0.0916 e. The number of piperidine rings is 1. The Bertz CT molecular complexity index is 334. The second-order valence-corrected chi connectivity index (χ2v) is 5.23. The number of benzene rings is 1. The number of nitrogens with one attached hydrogen (secondary N) is 1. The summed E-state index contributed by atoms with van der Waals surface area (Å²) in [5, 5.41) is 13.4. The molecule has 1 aromatic rings.